The minimum atomic E-state index is -1.02. The summed E-state index contributed by atoms with van der Waals surface area (Å²) in [6.45, 7) is 1.92. The minimum Gasteiger partial charge on any atom is -0.382 e. The number of nitrogens with zero attached hydrogens (tertiary/aromatic N) is 4. The Kier molecular flexibility index (Phi) is 3.90. The van der Waals surface area contributed by atoms with Gasteiger partial charge in [0.25, 0.3) is 5.91 Å². The highest BCUT2D eigenvalue weighted by Crippen LogP contribution is 2.25. The molecule has 2 aromatic heterocycles. The Morgan fingerprint density at radius 1 is 1.43 bits per heavy atom. The molecular weight excluding hydrogens is 318 g/mol. The van der Waals surface area contributed by atoms with Crippen molar-refractivity contribution in [3.05, 3.63) is 23.5 Å². The van der Waals surface area contributed by atoms with Crippen LogP contribution in [0.4, 0.5) is 4.79 Å². The molecular formula is C14H17N5O3S. The maximum Gasteiger partial charge on any atom is 0.325 e. The predicted octanol–water partition coefficient (Wildman–Crippen LogP) is 1.00. The standard InChI is InChI=1S/C14H17N5O3S/c1-14(8-22-3)12(20)19(13(21)17-14)6-10-7-23-11(16-10)9-4-15-18(2)5-9/h4-5,7H,6,8H2,1-3H3,(H,17,21)/t14-/m1/s1. The van der Waals surface area contributed by atoms with Crippen LogP contribution < -0.4 is 5.32 Å². The highest BCUT2D eigenvalue weighted by Gasteiger charge is 2.47. The molecule has 0 unspecified atom stereocenters. The fraction of sp³-hybridized carbons (Fsp3) is 0.429. The number of nitrogens with one attached hydrogen (secondary N) is 1. The molecule has 122 valence electrons. The Morgan fingerprint density at radius 2 is 2.22 bits per heavy atom. The molecule has 0 aromatic carbocycles. The van der Waals surface area contributed by atoms with E-state index in [9.17, 15) is 9.59 Å². The Balaban J connectivity index is 1.76. The van der Waals surface area contributed by atoms with Crippen LogP contribution >= 0.6 is 11.3 Å². The van der Waals surface area contributed by atoms with E-state index in [1.165, 1.54) is 23.3 Å². The second kappa shape index (κ2) is 5.74. The maximum atomic E-state index is 12.4. The van der Waals surface area contributed by atoms with Gasteiger partial charge in [-0.3, -0.25) is 14.4 Å². The summed E-state index contributed by atoms with van der Waals surface area (Å²) in [7, 11) is 3.33. The Hall–Kier alpha value is -2.26. The summed E-state index contributed by atoms with van der Waals surface area (Å²) in [4.78, 5) is 30.1. The fourth-order valence-electron chi connectivity index (χ4n) is 2.48. The van der Waals surface area contributed by atoms with Crippen molar-refractivity contribution in [2.75, 3.05) is 13.7 Å². The molecule has 2 aromatic rings. The average molecular weight is 335 g/mol. The van der Waals surface area contributed by atoms with Crippen LogP contribution in [0.5, 0.6) is 0 Å². The number of aromatic nitrogens is 3. The molecule has 8 nitrogen and oxygen atoms in total. The molecule has 0 aliphatic carbocycles. The molecule has 3 amide bonds. The lowest BCUT2D eigenvalue weighted by molar-refractivity contribution is -0.132. The van der Waals surface area contributed by atoms with Crippen LogP contribution in [0.1, 0.15) is 12.6 Å². The van der Waals surface area contributed by atoms with Crippen molar-refractivity contribution in [2.45, 2.75) is 19.0 Å². The van der Waals surface area contributed by atoms with Crippen molar-refractivity contribution >= 4 is 23.3 Å². The Labute approximate surface area is 137 Å². The van der Waals surface area contributed by atoms with Crippen LogP contribution in [0.15, 0.2) is 17.8 Å². The molecule has 3 rings (SSSR count). The first-order valence-electron chi connectivity index (χ1n) is 6.99. The van der Waals surface area contributed by atoms with Gasteiger partial charge in [-0.1, -0.05) is 0 Å². The van der Waals surface area contributed by atoms with E-state index >= 15 is 0 Å². The molecule has 1 aliphatic heterocycles. The van der Waals surface area contributed by atoms with Crippen molar-refractivity contribution in [3.8, 4) is 10.6 Å². The molecule has 0 spiro atoms. The van der Waals surface area contributed by atoms with Gasteiger partial charge in [0, 0.05) is 31.3 Å². The first-order chi connectivity index (χ1) is 10.9. The third kappa shape index (κ3) is 2.84. The highest BCUT2D eigenvalue weighted by molar-refractivity contribution is 7.13. The van der Waals surface area contributed by atoms with Gasteiger partial charge in [0.2, 0.25) is 0 Å². The molecule has 1 fully saturated rings. The summed E-state index contributed by atoms with van der Waals surface area (Å²) in [5, 5.41) is 9.43. The fourth-order valence-corrected chi connectivity index (χ4v) is 3.27. The third-order valence-electron chi connectivity index (χ3n) is 3.60. The van der Waals surface area contributed by atoms with E-state index in [0.29, 0.717) is 5.69 Å². The van der Waals surface area contributed by atoms with E-state index in [4.69, 9.17) is 4.74 Å². The van der Waals surface area contributed by atoms with Gasteiger partial charge in [0.1, 0.15) is 10.5 Å². The van der Waals surface area contributed by atoms with Crippen molar-refractivity contribution < 1.29 is 14.3 Å². The summed E-state index contributed by atoms with van der Waals surface area (Å²) in [6, 6.07) is -0.425. The molecule has 0 radical (unpaired) electrons. The third-order valence-corrected chi connectivity index (χ3v) is 4.54. The van der Waals surface area contributed by atoms with Crippen molar-refractivity contribution in [1.29, 1.82) is 0 Å². The van der Waals surface area contributed by atoms with Gasteiger partial charge in [-0.15, -0.1) is 11.3 Å². The monoisotopic (exact) mass is 335 g/mol. The van der Waals surface area contributed by atoms with Gasteiger partial charge < -0.3 is 10.1 Å². The van der Waals surface area contributed by atoms with Gasteiger partial charge in [0.15, 0.2) is 0 Å². The largest absolute Gasteiger partial charge is 0.382 e. The number of hydrogen-bond donors (Lipinski definition) is 1. The molecule has 1 N–H and O–H groups in total. The molecule has 0 saturated carbocycles. The smallest absolute Gasteiger partial charge is 0.325 e. The summed E-state index contributed by atoms with van der Waals surface area (Å²) in [5.41, 5.74) is 0.554. The van der Waals surface area contributed by atoms with E-state index in [2.05, 4.69) is 15.4 Å². The lowest BCUT2D eigenvalue weighted by Crippen LogP contribution is -2.47. The zero-order chi connectivity index (χ0) is 16.6. The number of carbonyl (C=O) groups is 2. The lowest BCUT2D eigenvalue weighted by Gasteiger charge is -2.20. The average Bonchev–Trinajstić information content (AvgIpc) is 3.16. The summed E-state index contributed by atoms with van der Waals surface area (Å²) in [6.07, 6.45) is 3.60. The van der Waals surface area contributed by atoms with Crippen molar-refractivity contribution in [2.24, 2.45) is 7.05 Å². The zero-order valence-corrected chi connectivity index (χ0v) is 13.9. The molecule has 1 aliphatic rings. The molecule has 0 bridgehead atoms. The van der Waals surface area contributed by atoms with Gasteiger partial charge in [-0.2, -0.15) is 5.10 Å². The Bertz CT molecular complexity index is 755. The number of imide groups is 1. The van der Waals surface area contributed by atoms with Gasteiger partial charge in [-0.25, -0.2) is 9.78 Å². The number of urea groups is 1. The summed E-state index contributed by atoms with van der Waals surface area (Å²) < 4.78 is 6.72. The molecule has 1 saturated heterocycles. The topological polar surface area (TPSA) is 89.3 Å². The zero-order valence-electron chi connectivity index (χ0n) is 13.1. The molecule has 23 heavy (non-hydrogen) atoms. The SMILES string of the molecule is COC[C@@]1(C)NC(=O)N(Cc2csc(-c3cnn(C)c3)n2)C1=O. The van der Waals surface area contributed by atoms with E-state index < -0.39 is 11.6 Å². The van der Waals surface area contributed by atoms with Crippen LogP contribution in [0, 0.1) is 0 Å². The number of amides is 3. The molecule has 3 heterocycles. The Morgan fingerprint density at radius 3 is 2.87 bits per heavy atom. The van der Waals surface area contributed by atoms with Crippen LogP contribution in [0.2, 0.25) is 0 Å². The summed E-state index contributed by atoms with van der Waals surface area (Å²) in [5.74, 6) is -0.305. The second-order valence-corrected chi connectivity index (χ2v) is 6.49. The van der Waals surface area contributed by atoms with Crippen LogP contribution in [0.3, 0.4) is 0 Å². The number of thiazole rings is 1. The highest BCUT2D eigenvalue weighted by atomic mass is 32.1. The maximum absolute atomic E-state index is 12.4. The predicted molar refractivity (Wildman–Crippen MR) is 83.7 cm³/mol. The van der Waals surface area contributed by atoms with Crippen LogP contribution in [-0.4, -0.2) is 50.9 Å². The first-order valence-corrected chi connectivity index (χ1v) is 7.87. The van der Waals surface area contributed by atoms with Crippen LogP contribution in [-0.2, 0) is 23.1 Å². The normalized spacial score (nSPS) is 21.1. The number of ether oxygens (including phenoxy) is 1. The van der Waals surface area contributed by atoms with Crippen molar-refractivity contribution in [3.63, 3.8) is 0 Å². The molecule has 1 atom stereocenters. The number of aryl methyl sites for hydroxylation is 1. The lowest BCUT2D eigenvalue weighted by atomic mass is 10.0. The summed E-state index contributed by atoms with van der Waals surface area (Å²) >= 11 is 1.45. The number of hydrogen-bond acceptors (Lipinski definition) is 6. The van der Waals surface area contributed by atoms with Crippen molar-refractivity contribution in [1.82, 2.24) is 25.0 Å². The van der Waals surface area contributed by atoms with Gasteiger partial charge in [-0.05, 0) is 6.92 Å². The quantitative estimate of drug-likeness (QED) is 0.824. The van der Waals surface area contributed by atoms with E-state index in [1.54, 1.807) is 17.8 Å². The van der Waals surface area contributed by atoms with Crippen LogP contribution in [0.25, 0.3) is 10.6 Å². The number of carbonyl (C=O) groups excluding carboxylic acids is 2. The minimum absolute atomic E-state index is 0.131. The first kappa shape index (κ1) is 15.6. The second-order valence-electron chi connectivity index (χ2n) is 5.63. The number of methoxy groups -OCH3 is 1. The van der Waals surface area contributed by atoms with Gasteiger partial charge >= 0.3 is 6.03 Å². The molecule has 9 heteroatoms. The van der Waals surface area contributed by atoms with E-state index in [1.807, 2.05) is 18.6 Å². The van der Waals surface area contributed by atoms with Gasteiger partial charge in [0.05, 0.1) is 25.0 Å². The number of rotatable bonds is 5. The van der Waals surface area contributed by atoms with E-state index in [0.717, 1.165) is 10.6 Å². The van der Waals surface area contributed by atoms with E-state index in [-0.39, 0.29) is 19.1 Å².